The number of fused-ring (bicyclic) bond motifs is 3. The lowest BCUT2D eigenvalue weighted by atomic mass is 9.91. The third-order valence-corrected chi connectivity index (χ3v) is 13.6. The third kappa shape index (κ3) is 8.93. The maximum Gasteiger partial charge on any atom is 0.159 e. The van der Waals surface area contributed by atoms with Gasteiger partial charge in [0.05, 0.1) is 22.4 Å². The van der Waals surface area contributed by atoms with Gasteiger partial charge in [0, 0.05) is 50.4 Å². The maximum atomic E-state index is 5.30. The Morgan fingerprint density at radius 1 is 0.329 bits per heavy atom. The lowest BCUT2D eigenvalue weighted by molar-refractivity contribution is 1.18. The fourth-order valence-electron chi connectivity index (χ4n) is 10.1. The topological polar surface area (TPSA) is 29.6 Å². The van der Waals surface area contributed by atoms with Crippen molar-refractivity contribution in [2.24, 2.45) is 9.98 Å². The van der Waals surface area contributed by atoms with Crippen molar-refractivity contribution in [2.45, 2.75) is 0 Å². The van der Waals surface area contributed by atoms with Crippen molar-refractivity contribution in [2.75, 3.05) is 0 Å². The number of benzene rings is 11. The van der Waals surface area contributed by atoms with Crippen LogP contribution in [0.1, 0.15) is 16.7 Å². The van der Waals surface area contributed by atoms with Crippen LogP contribution in [-0.4, -0.2) is 16.6 Å². The second-order valence-corrected chi connectivity index (χ2v) is 18.2. The van der Waals surface area contributed by atoms with E-state index in [1.54, 1.807) is 0 Å². The summed E-state index contributed by atoms with van der Waals surface area (Å²) in [5.41, 5.74) is 20.0. The Labute approximate surface area is 426 Å². The molecule has 0 saturated carbocycles. The van der Waals surface area contributed by atoms with Crippen LogP contribution in [0, 0.1) is 0 Å². The van der Waals surface area contributed by atoms with Gasteiger partial charge in [-0.05, 0) is 86.5 Å². The van der Waals surface area contributed by atoms with Crippen LogP contribution >= 0.6 is 0 Å². The first-order valence-electron chi connectivity index (χ1n) is 24.7. The molecule has 1 heterocycles. The molecule has 0 N–H and O–H groups in total. The van der Waals surface area contributed by atoms with E-state index >= 15 is 0 Å². The number of hydrogen-bond donors (Lipinski definition) is 0. The number of nitrogens with zero attached hydrogens (tertiary/aromatic N) is 3. The molecule has 0 radical (unpaired) electrons. The van der Waals surface area contributed by atoms with Gasteiger partial charge in [0.25, 0.3) is 0 Å². The van der Waals surface area contributed by atoms with Crippen molar-refractivity contribution in [1.29, 1.82) is 0 Å². The molecule has 73 heavy (non-hydrogen) atoms. The summed E-state index contributed by atoms with van der Waals surface area (Å²) in [5.74, 6) is 0.576. The average molecular weight is 932 g/mol. The minimum absolute atomic E-state index is 0.576. The van der Waals surface area contributed by atoms with Crippen LogP contribution in [0.5, 0.6) is 0 Å². The van der Waals surface area contributed by atoms with Crippen molar-refractivity contribution >= 4 is 39.6 Å². The zero-order chi connectivity index (χ0) is 48.9. The maximum absolute atomic E-state index is 5.30. The molecule has 0 amide bonds. The van der Waals surface area contributed by atoms with Crippen LogP contribution in [0.15, 0.2) is 296 Å². The fraction of sp³-hybridized carbons (Fsp3) is 0. The summed E-state index contributed by atoms with van der Waals surface area (Å²) in [6.45, 7) is 4.72. The standard InChI is InChI=1S/C70H49N3/c1-49(72-70(57-40-24-9-25-41-57)71-48-50-26-10-2-11-27-50)58-42-61(53-32-16-5-17-33-53)67(62(43-58)54-34-18-6-19-35-54)73-68-63(55-36-20-7-21-37-55)44-59(51-28-12-3-13-29-51)46-65(68)66-47-60(52-30-14-4-15-31-52)45-64(69(66)73)56-38-22-8-23-39-56/h2-48H,1H2. The lowest BCUT2D eigenvalue weighted by Crippen LogP contribution is -2.04. The largest absolute Gasteiger partial charge is 0.307 e. The number of aliphatic imine (C=N–C) groups is 2. The smallest absolute Gasteiger partial charge is 0.159 e. The minimum atomic E-state index is 0.576. The van der Waals surface area contributed by atoms with Crippen LogP contribution in [0.4, 0.5) is 0 Å². The van der Waals surface area contributed by atoms with Gasteiger partial charge in [0.15, 0.2) is 5.84 Å². The molecule has 0 aliphatic heterocycles. The Balaban J connectivity index is 1.24. The molecule has 12 rings (SSSR count). The molecule has 0 aliphatic carbocycles. The number of aromatic nitrogens is 1. The highest BCUT2D eigenvalue weighted by atomic mass is 15.0. The summed E-state index contributed by atoms with van der Waals surface area (Å²) < 4.78 is 2.58. The quantitative estimate of drug-likeness (QED) is 0.0914. The predicted molar refractivity (Wildman–Crippen MR) is 309 cm³/mol. The lowest BCUT2D eigenvalue weighted by Gasteiger charge is -2.23. The molecule has 12 aromatic rings. The van der Waals surface area contributed by atoms with Crippen LogP contribution in [-0.2, 0) is 0 Å². The van der Waals surface area contributed by atoms with Crippen LogP contribution in [0.3, 0.4) is 0 Å². The van der Waals surface area contributed by atoms with E-state index in [2.05, 4.69) is 223 Å². The molecule has 1 aromatic heterocycles. The van der Waals surface area contributed by atoms with Gasteiger partial charge in [-0.1, -0.05) is 249 Å². The van der Waals surface area contributed by atoms with Crippen molar-refractivity contribution in [3.63, 3.8) is 0 Å². The Morgan fingerprint density at radius 2 is 0.671 bits per heavy atom. The molecule has 0 bridgehead atoms. The van der Waals surface area contributed by atoms with E-state index in [4.69, 9.17) is 16.6 Å². The summed E-state index contributed by atoms with van der Waals surface area (Å²) in [6, 6.07) is 99.3. The van der Waals surface area contributed by atoms with E-state index in [1.807, 2.05) is 66.9 Å². The van der Waals surface area contributed by atoms with E-state index in [1.165, 1.54) is 0 Å². The Bertz CT molecular complexity index is 3760. The molecule has 0 saturated heterocycles. The number of hydrogen-bond acceptors (Lipinski definition) is 1. The first-order valence-corrected chi connectivity index (χ1v) is 24.7. The first kappa shape index (κ1) is 44.5. The molecule has 0 fully saturated rings. The molecule has 344 valence electrons. The number of amidine groups is 1. The Hall–Kier alpha value is -9.70. The van der Waals surface area contributed by atoms with E-state index in [0.717, 1.165) is 111 Å². The molecule has 3 nitrogen and oxygen atoms in total. The van der Waals surface area contributed by atoms with Gasteiger partial charge in [-0.3, -0.25) is 0 Å². The number of rotatable bonds is 11. The molecule has 0 atom stereocenters. The highest BCUT2D eigenvalue weighted by molar-refractivity contribution is 6.20. The van der Waals surface area contributed by atoms with Crippen LogP contribution < -0.4 is 0 Å². The third-order valence-electron chi connectivity index (χ3n) is 13.6. The summed E-state index contributed by atoms with van der Waals surface area (Å²) >= 11 is 0. The van der Waals surface area contributed by atoms with E-state index in [9.17, 15) is 0 Å². The summed E-state index contributed by atoms with van der Waals surface area (Å²) in [5, 5.41) is 2.31. The Kier molecular flexibility index (Phi) is 12.2. The SMILES string of the molecule is C=C(N=C(N=Cc1ccccc1)c1ccccc1)c1cc(-c2ccccc2)c(-n2c3c(-c4ccccc4)cc(-c4ccccc4)cc3c3cc(-c4ccccc4)cc(-c4ccccc4)c32)c(-c2ccccc2)c1. The predicted octanol–water partition coefficient (Wildman–Crippen LogP) is 18.3. The normalized spacial score (nSPS) is 11.6. The van der Waals surface area contributed by atoms with E-state index in [-0.39, 0.29) is 0 Å². The molecular formula is C70H49N3. The highest BCUT2D eigenvalue weighted by Crippen LogP contribution is 2.49. The van der Waals surface area contributed by atoms with E-state index in [0.29, 0.717) is 11.5 Å². The highest BCUT2D eigenvalue weighted by Gasteiger charge is 2.27. The van der Waals surface area contributed by atoms with Gasteiger partial charge in [0.1, 0.15) is 0 Å². The van der Waals surface area contributed by atoms with Crippen molar-refractivity contribution in [1.82, 2.24) is 4.57 Å². The fourth-order valence-corrected chi connectivity index (χ4v) is 10.1. The summed E-state index contributed by atoms with van der Waals surface area (Å²) in [7, 11) is 0. The molecular weight excluding hydrogens is 883 g/mol. The zero-order valence-electron chi connectivity index (χ0n) is 40.2. The minimum Gasteiger partial charge on any atom is -0.307 e. The average Bonchev–Trinajstić information content (AvgIpc) is 3.81. The van der Waals surface area contributed by atoms with Crippen molar-refractivity contribution in [3.8, 4) is 72.4 Å². The Morgan fingerprint density at radius 3 is 1.07 bits per heavy atom. The van der Waals surface area contributed by atoms with Crippen molar-refractivity contribution in [3.05, 3.63) is 302 Å². The van der Waals surface area contributed by atoms with E-state index < -0.39 is 0 Å². The van der Waals surface area contributed by atoms with Crippen LogP contribution in [0.2, 0.25) is 0 Å². The van der Waals surface area contributed by atoms with Crippen molar-refractivity contribution < 1.29 is 0 Å². The second kappa shape index (κ2) is 20.0. The van der Waals surface area contributed by atoms with Gasteiger partial charge in [-0.25, -0.2) is 9.98 Å². The van der Waals surface area contributed by atoms with Gasteiger partial charge in [-0.15, -0.1) is 0 Å². The van der Waals surface area contributed by atoms with Crippen LogP contribution in [0.25, 0.3) is 100.0 Å². The first-order chi connectivity index (χ1) is 36.1. The molecule has 3 heteroatoms. The van der Waals surface area contributed by atoms with Gasteiger partial charge in [-0.2, -0.15) is 0 Å². The van der Waals surface area contributed by atoms with Gasteiger partial charge < -0.3 is 4.57 Å². The van der Waals surface area contributed by atoms with Gasteiger partial charge >= 0.3 is 0 Å². The molecule has 0 aliphatic rings. The zero-order valence-corrected chi connectivity index (χ0v) is 40.2. The monoisotopic (exact) mass is 931 g/mol. The van der Waals surface area contributed by atoms with Gasteiger partial charge in [0.2, 0.25) is 0 Å². The second-order valence-electron chi connectivity index (χ2n) is 18.2. The summed E-state index contributed by atoms with van der Waals surface area (Å²) in [4.78, 5) is 10.3. The molecule has 0 spiro atoms. The molecule has 0 unspecified atom stereocenters. The summed E-state index contributed by atoms with van der Waals surface area (Å²) in [6.07, 6.45) is 1.87. The molecule has 11 aromatic carbocycles.